The van der Waals surface area contributed by atoms with Crippen LogP contribution in [0.25, 0.3) is 16.7 Å². The number of rotatable bonds is 6. The van der Waals surface area contributed by atoms with Crippen molar-refractivity contribution in [3.8, 4) is 22.6 Å². The average molecular weight is 574 g/mol. The molecule has 1 aromatic heterocycles. The predicted molar refractivity (Wildman–Crippen MR) is 171 cm³/mol. The van der Waals surface area contributed by atoms with Crippen molar-refractivity contribution in [2.75, 3.05) is 12.4 Å². The molecule has 0 unspecified atom stereocenters. The van der Waals surface area contributed by atoms with Crippen LogP contribution in [0.5, 0.6) is 11.5 Å². The number of halogens is 1. The summed E-state index contributed by atoms with van der Waals surface area (Å²) in [7, 11) is 1.69. The normalized spacial score (nSPS) is 13.2. The van der Waals surface area contributed by atoms with Crippen molar-refractivity contribution in [3.63, 3.8) is 0 Å². The molecule has 216 valence electrons. The van der Waals surface area contributed by atoms with E-state index in [1.165, 1.54) is 34.6 Å². The average Bonchev–Trinajstić information content (AvgIpc) is 3.35. The highest BCUT2D eigenvalue weighted by Gasteiger charge is 2.27. The summed E-state index contributed by atoms with van der Waals surface area (Å²) in [5.41, 5.74) is 9.54. The second-order valence-electron chi connectivity index (χ2n) is 11.1. The van der Waals surface area contributed by atoms with Crippen LogP contribution in [0.15, 0.2) is 66.1 Å². The summed E-state index contributed by atoms with van der Waals surface area (Å²) in [6.45, 7) is 14.3. The number of methoxy groups -OCH3 is 1. The number of carbonyl (C=O) groups excluding carboxylic acids is 1. The molecule has 1 aliphatic heterocycles. The highest BCUT2D eigenvalue weighted by atomic mass is 32.1. The Balaban J connectivity index is 0.000000415. The number of allylic oxidation sites excluding steroid dienone is 1. The van der Waals surface area contributed by atoms with Gasteiger partial charge in [-0.25, -0.2) is 4.39 Å². The third-order valence-corrected chi connectivity index (χ3v) is 8.14. The van der Waals surface area contributed by atoms with E-state index in [-0.39, 0.29) is 18.6 Å². The second kappa shape index (κ2) is 12.3. The standard InChI is InChI=1S/C28H30FNO2.C7H8OS.H2/c1-17-7-10-22(26(13-17)31-6)21-11-12-24-27(19(3)15-28(4,5)30-24)23(21)16-32-25-14-20(29)9-8-18(25)2;1-5-3-7(6(2)8)9-4-5;/h7-15,30H,16H2,1-6H3;3-4H,1-2H3;1H. The molecule has 0 bridgehead atoms. The zero-order valence-corrected chi connectivity index (χ0v) is 25.9. The third-order valence-electron chi connectivity index (χ3n) is 6.99. The van der Waals surface area contributed by atoms with Crippen LogP contribution in [0.4, 0.5) is 10.1 Å². The summed E-state index contributed by atoms with van der Waals surface area (Å²) in [5.74, 6) is 1.22. The minimum absolute atomic E-state index is 0. The maximum absolute atomic E-state index is 13.9. The van der Waals surface area contributed by atoms with Gasteiger partial charge < -0.3 is 14.8 Å². The lowest BCUT2D eigenvalue weighted by molar-refractivity contribution is 0.102. The van der Waals surface area contributed by atoms with Gasteiger partial charge in [0.25, 0.3) is 0 Å². The first kappa shape index (κ1) is 30.1. The molecule has 0 saturated heterocycles. The maximum atomic E-state index is 13.9. The van der Waals surface area contributed by atoms with Crippen LogP contribution in [0.1, 0.15) is 66.6 Å². The fourth-order valence-corrected chi connectivity index (χ4v) is 5.92. The van der Waals surface area contributed by atoms with Gasteiger partial charge in [0, 0.05) is 29.9 Å². The molecule has 5 rings (SSSR count). The molecule has 0 spiro atoms. The summed E-state index contributed by atoms with van der Waals surface area (Å²) in [6, 6.07) is 17.0. The van der Waals surface area contributed by atoms with Crippen LogP contribution in [-0.2, 0) is 6.61 Å². The highest BCUT2D eigenvalue weighted by molar-refractivity contribution is 7.12. The van der Waals surface area contributed by atoms with Crippen LogP contribution in [-0.4, -0.2) is 18.4 Å². The van der Waals surface area contributed by atoms with E-state index in [0.717, 1.165) is 49.7 Å². The monoisotopic (exact) mass is 573 g/mol. The molecule has 0 radical (unpaired) electrons. The van der Waals surface area contributed by atoms with Crippen molar-refractivity contribution in [3.05, 3.63) is 105 Å². The zero-order chi connectivity index (χ0) is 29.9. The molecular weight excluding hydrogens is 533 g/mol. The fourth-order valence-electron chi connectivity index (χ4n) is 5.12. The van der Waals surface area contributed by atoms with Crippen molar-refractivity contribution in [1.29, 1.82) is 0 Å². The summed E-state index contributed by atoms with van der Waals surface area (Å²) in [5, 5.41) is 5.60. The molecule has 4 aromatic rings. The van der Waals surface area contributed by atoms with Crippen molar-refractivity contribution in [1.82, 2.24) is 0 Å². The number of aryl methyl sites for hydroxylation is 3. The van der Waals surface area contributed by atoms with E-state index in [9.17, 15) is 9.18 Å². The first-order valence-electron chi connectivity index (χ1n) is 13.6. The number of thiophene rings is 1. The largest absolute Gasteiger partial charge is 0.496 e. The molecule has 1 N–H and O–H groups in total. The van der Waals surface area contributed by atoms with E-state index < -0.39 is 0 Å². The fraction of sp³-hybridized carbons (Fsp3) is 0.286. The lowest BCUT2D eigenvalue weighted by atomic mass is 9.85. The first-order chi connectivity index (χ1) is 19.4. The van der Waals surface area contributed by atoms with Crippen LogP contribution < -0.4 is 14.8 Å². The van der Waals surface area contributed by atoms with Gasteiger partial charge >= 0.3 is 0 Å². The topological polar surface area (TPSA) is 47.6 Å². The van der Waals surface area contributed by atoms with Gasteiger partial charge in [-0.1, -0.05) is 30.3 Å². The van der Waals surface area contributed by atoms with E-state index in [1.54, 1.807) is 20.1 Å². The molecule has 1 aliphatic rings. The van der Waals surface area contributed by atoms with Crippen molar-refractivity contribution >= 4 is 28.4 Å². The molecule has 0 amide bonds. The Bertz CT molecular complexity index is 1620. The number of carbonyl (C=O) groups is 1. The molecule has 2 heterocycles. The van der Waals surface area contributed by atoms with E-state index >= 15 is 0 Å². The molecule has 4 nitrogen and oxygen atoms in total. The summed E-state index contributed by atoms with van der Waals surface area (Å²) in [6.07, 6.45) is 2.24. The van der Waals surface area contributed by atoms with Crippen molar-refractivity contribution in [2.24, 2.45) is 0 Å². The number of nitrogens with one attached hydrogen (secondary N) is 1. The lowest BCUT2D eigenvalue weighted by Crippen LogP contribution is -2.32. The Morgan fingerprint density at radius 1 is 0.951 bits per heavy atom. The molecule has 3 aromatic carbocycles. The van der Waals surface area contributed by atoms with Gasteiger partial charge in [-0.3, -0.25) is 4.79 Å². The lowest BCUT2D eigenvalue weighted by Gasteiger charge is -2.33. The van der Waals surface area contributed by atoms with E-state index in [0.29, 0.717) is 12.4 Å². The van der Waals surface area contributed by atoms with E-state index in [2.05, 4.69) is 63.4 Å². The number of hydrogen-bond donors (Lipinski definition) is 1. The van der Waals surface area contributed by atoms with Crippen molar-refractivity contribution < 1.29 is 20.1 Å². The molecule has 0 fully saturated rings. The Hall–Kier alpha value is -3.90. The number of fused-ring (bicyclic) bond motifs is 1. The summed E-state index contributed by atoms with van der Waals surface area (Å²) < 4.78 is 25.8. The molecule has 0 saturated carbocycles. The van der Waals surface area contributed by atoms with Crippen LogP contribution >= 0.6 is 11.3 Å². The highest BCUT2D eigenvalue weighted by Crippen LogP contribution is 2.43. The molecule has 0 atom stereocenters. The quantitative estimate of drug-likeness (QED) is 0.233. The number of ether oxygens (including phenoxy) is 2. The first-order valence-corrected chi connectivity index (χ1v) is 14.5. The van der Waals surface area contributed by atoms with Crippen LogP contribution in [0, 0.1) is 26.6 Å². The van der Waals surface area contributed by atoms with E-state index in [1.807, 2.05) is 31.4 Å². The van der Waals surface area contributed by atoms with Gasteiger partial charge in [0.2, 0.25) is 0 Å². The van der Waals surface area contributed by atoms with E-state index in [4.69, 9.17) is 9.47 Å². The number of ketones is 1. The number of Topliss-reactive ketones (excluding diaryl/α,β-unsaturated/α-hetero) is 1. The molecule has 0 aliphatic carbocycles. The smallest absolute Gasteiger partial charge is 0.169 e. The minimum Gasteiger partial charge on any atom is -0.496 e. The Labute approximate surface area is 248 Å². The summed E-state index contributed by atoms with van der Waals surface area (Å²) >= 11 is 1.51. The summed E-state index contributed by atoms with van der Waals surface area (Å²) in [4.78, 5) is 11.5. The number of anilines is 1. The Kier molecular flexibility index (Phi) is 9.03. The van der Waals surface area contributed by atoms with Gasteiger partial charge in [-0.15, -0.1) is 11.3 Å². The predicted octanol–water partition coefficient (Wildman–Crippen LogP) is 9.81. The molecule has 41 heavy (non-hydrogen) atoms. The zero-order valence-electron chi connectivity index (χ0n) is 25.1. The van der Waals surface area contributed by atoms with Crippen LogP contribution in [0.3, 0.4) is 0 Å². The number of benzene rings is 3. The second-order valence-corrected chi connectivity index (χ2v) is 12.0. The maximum Gasteiger partial charge on any atom is 0.169 e. The van der Waals surface area contributed by atoms with Crippen LogP contribution in [0.2, 0.25) is 0 Å². The van der Waals surface area contributed by atoms with Gasteiger partial charge in [-0.2, -0.15) is 0 Å². The third kappa shape index (κ3) is 7.06. The van der Waals surface area contributed by atoms with Gasteiger partial charge in [0.1, 0.15) is 23.9 Å². The molecular formula is C35H40FNO3S. The Morgan fingerprint density at radius 3 is 2.32 bits per heavy atom. The van der Waals surface area contributed by atoms with Gasteiger partial charge in [0.15, 0.2) is 5.78 Å². The molecule has 6 heteroatoms. The Morgan fingerprint density at radius 2 is 1.68 bits per heavy atom. The SMILES string of the molecule is CC(=O)c1cc(C)cs1.COc1cc(C)ccc1-c1ccc2c(c1COc1cc(F)ccc1C)C(C)=CC(C)(C)N2.[HH]. The minimum atomic E-state index is -0.305. The van der Waals surface area contributed by atoms with Gasteiger partial charge in [0.05, 0.1) is 17.5 Å². The number of hydrogen-bond acceptors (Lipinski definition) is 5. The van der Waals surface area contributed by atoms with Crippen molar-refractivity contribution in [2.45, 2.75) is 60.6 Å². The van der Waals surface area contributed by atoms with Gasteiger partial charge in [-0.05, 0) is 106 Å².